The van der Waals surface area contributed by atoms with Crippen LogP contribution in [0.25, 0.3) is 0 Å². The van der Waals surface area contributed by atoms with Gasteiger partial charge in [0.1, 0.15) is 6.04 Å². The first-order chi connectivity index (χ1) is 16.3. The van der Waals surface area contributed by atoms with Gasteiger partial charge in [0.15, 0.2) is 0 Å². The summed E-state index contributed by atoms with van der Waals surface area (Å²) in [5.41, 5.74) is 0. The fourth-order valence-electron chi connectivity index (χ4n) is 7.17. The van der Waals surface area contributed by atoms with Crippen molar-refractivity contribution in [1.29, 1.82) is 0 Å². The van der Waals surface area contributed by atoms with Crippen molar-refractivity contribution in [3.63, 3.8) is 0 Å². The van der Waals surface area contributed by atoms with Crippen molar-refractivity contribution in [1.82, 2.24) is 15.5 Å². The Bertz CT molecular complexity index is 786. The highest BCUT2D eigenvalue weighted by Gasteiger charge is 2.76. The number of hydrogen-bond acceptors (Lipinski definition) is 5. The molecule has 3 aliphatic heterocycles. The van der Waals surface area contributed by atoms with E-state index in [0.717, 1.165) is 38.5 Å². The predicted octanol–water partition coefficient (Wildman–Crippen LogP) is 2.71. The number of aliphatic hydroxyl groups excluding tert-OH is 1. The smallest absolute Gasteiger partial charge is 0.244 e. The number of rotatable bonds is 9. The molecule has 1 spiro atoms. The third kappa shape index (κ3) is 4.27. The number of thioether (sulfide) groups is 1. The molecule has 0 aromatic heterocycles. The lowest BCUT2D eigenvalue weighted by atomic mass is 9.65. The summed E-state index contributed by atoms with van der Waals surface area (Å²) in [5, 5.41) is 16.7. The number of nitrogens with zero attached hydrogens (tertiary/aromatic N) is 1. The second-order valence-corrected chi connectivity index (χ2v) is 12.9. The second-order valence-electron chi connectivity index (χ2n) is 11.4. The van der Waals surface area contributed by atoms with Crippen molar-refractivity contribution in [2.24, 2.45) is 23.7 Å². The summed E-state index contributed by atoms with van der Waals surface area (Å²) in [4.78, 5) is 43.1. The zero-order valence-electron chi connectivity index (χ0n) is 21.2. The monoisotopic (exact) mass is 493 g/mol. The molecule has 0 radical (unpaired) electrons. The summed E-state index contributed by atoms with van der Waals surface area (Å²) in [6, 6.07) is -0.911. The Labute approximate surface area is 208 Å². The molecular formula is C26H43N3O4S. The highest BCUT2D eigenvalue weighted by molar-refractivity contribution is 8.02. The minimum absolute atomic E-state index is 0.0517. The molecule has 4 rings (SSSR count). The molecule has 4 aliphatic rings. The van der Waals surface area contributed by atoms with Crippen LogP contribution >= 0.6 is 11.8 Å². The van der Waals surface area contributed by atoms with Gasteiger partial charge in [-0.2, -0.15) is 0 Å². The fraction of sp³-hybridized carbons (Fsp3) is 0.885. The summed E-state index contributed by atoms with van der Waals surface area (Å²) in [7, 11) is 0. The van der Waals surface area contributed by atoms with Crippen LogP contribution < -0.4 is 10.6 Å². The molecule has 3 unspecified atom stereocenters. The Balaban J connectivity index is 1.71. The van der Waals surface area contributed by atoms with Gasteiger partial charge >= 0.3 is 0 Å². The van der Waals surface area contributed by atoms with Gasteiger partial charge in [0.05, 0.1) is 29.2 Å². The van der Waals surface area contributed by atoms with E-state index >= 15 is 0 Å². The molecular weight excluding hydrogens is 450 g/mol. The Hall–Kier alpha value is -1.28. The maximum atomic E-state index is 14.1. The van der Waals surface area contributed by atoms with Crippen molar-refractivity contribution < 1.29 is 19.5 Å². The van der Waals surface area contributed by atoms with Crippen LogP contribution in [0, 0.1) is 23.7 Å². The molecule has 4 fully saturated rings. The lowest BCUT2D eigenvalue weighted by Gasteiger charge is -2.41. The van der Waals surface area contributed by atoms with Gasteiger partial charge in [0.25, 0.3) is 0 Å². The third-order valence-corrected chi connectivity index (χ3v) is 10.7. The predicted molar refractivity (Wildman–Crippen MR) is 134 cm³/mol. The molecule has 1 saturated carbocycles. The maximum Gasteiger partial charge on any atom is 0.244 e. The number of hydrogen-bond donors (Lipinski definition) is 3. The van der Waals surface area contributed by atoms with Crippen molar-refractivity contribution in [3.8, 4) is 0 Å². The Kier molecular flexibility index (Phi) is 7.87. The SMILES string of the molecule is CCCNC(=O)[C@@H]1[C@@H]2CC(C)C3(S2)C(C(=O)NC2CCCCC2)N([C@@H](CO)CC(C)C)C(=O)[C@H]13. The molecule has 192 valence electrons. The summed E-state index contributed by atoms with van der Waals surface area (Å²) in [5.74, 6) is -0.738. The molecule has 8 heteroatoms. The van der Waals surface area contributed by atoms with E-state index in [-0.39, 0.29) is 47.5 Å². The van der Waals surface area contributed by atoms with E-state index in [2.05, 4.69) is 31.4 Å². The molecule has 34 heavy (non-hydrogen) atoms. The van der Waals surface area contributed by atoms with Crippen molar-refractivity contribution in [3.05, 3.63) is 0 Å². The molecule has 1 aliphatic carbocycles. The normalized spacial score (nSPS) is 36.1. The van der Waals surface area contributed by atoms with Crippen molar-refractivity contribution in [2.75, 3.05) is 13.2 Å². The minimum atomic E-state index is -0.642. The maximum absolute atomic E-state index is 14.1. The van der Waals surface area contributed by atoms with Crippen LogP contribution in [-0.2, 0) is 14.4 Å². The first-order valence-electron chi connectivity index (χ1n) is 13.4. The van der Waals surface area contributed by atoms with E-state index in [0.29, 0.717) is 13.0 Å². The average molecular weight is 494 g/mol. The van der Waals surface area contributed by atoms with Gasteiger partial charge in [-0.1, -0.05) is 47.0 Å². The number of fused-ring (bicyclic) bond motifs is 1. The molecule has 0 aromatic carbocycles. The van der Waals surface area contributed by atoms with E-state index in [1.807, 2.05) is 6.92 Å². The van der Waals surface area contributed by atoms with Crippen LogP contribution in [0.1, 0.15) is 79.1 Å². The topological polar surface area (TPSA) is 98.7 Å². The first-order valence-corrected chi connectivity index (χ1v) is 14.3. The molecule has 0 aromatic rings. The molecule has 2 bridgehead atoms. The molecule has 3 saturated heterocycles. The average Bonchev–Trinajstić information content (AvgIpc) is 3.40. The van der Waals surface area contributed by atoms with Crippen LogP contribution in [0.4, 0.5) is 0 Å². The largest absolute Gasteiger partial charge is 0.394 e. The number of amides is 3. The number of carbonyl (C=O) groups excluding carboxylic acids is 3. The fourth-order valence-corrected chi connectivity index (χ4v) is 9.57. The zero-order chi connectivity index (χ0) is 24.6. The van der Waals surface area contributed by atoms with Gasteiger partial charge in [-0.3, -0.25) is 14.4 Å². The van der Waals surface area contributed by atoms with Gasteiger partial charge in [0, 0.05) is 17.8 Å². The lowest BCUT2D eigenvalue weighted by molar-refractivity contribution is -0.143. The van der Waals surface area contributed by atoms with Gasteiger partial charge in [-0.25, -0.2) is 0 Å². The summed E-state index contributed by atoms with van der Waals surface area (Å²) < 4.78 is -0.612. The molecule has 3 heterocycles. The molecule has 7 atom stereocenters. The Morgan fingerprint density at radius 1 is 1.21 bits per heavy atom. The first kappa shape index (κ1) is 25.8. The van der Waals surface area contributed by atoms with Gasteiger partial charge in [0.2, 0.25) is 17.7 Å². The third-order valence-electron chi connectivity index (χ3n) is 8.58. The summed E-state index contributed by atoms with van der Waals surface area (Å²) in [6.07, 6.45) is 7.71. The van der Waals surface area contributed by atoms with E-state index in [4.69, 9.17) is 0 Å². The van der Waals surface area contributed by atoms with Crippen LogP contribution in [0.3, 0.4) is 0 Å². The summed E-state index contributed by atoms with van der Waals surface area (Å²) >= 11 is 1.71. The Morgan fingerprint density at radius 3 is 2.53 bits per heavy atom. The van der Waals surface area contributed by atoms with Crippen LogP contribution in [0.5, 0.6) is 0 Å². The van der Waals surface area contributed by atoms with Crippen molar-refractivity contribution in [2.45, 2.75) is 107 Å². The molecule has 7 nitrogen and oxygen atoms in total. The summed E-state index contributed by atoms with van der Waals surface area (Å²) in [6.45, 7) is 8.74. The number of likely N-dealkylation sites (tertiary alicyclic amines) is 1. The Morgan fingerprint density at radius 2 is 1.91 bits per heavy atom. The van der Waals surface area contributed by atoms with Crippen LogP contribution in [0.15, 0.2) is 0 Å². The second kappa shape index (κ2) is 10.4. The minimum Gasteiger partial charge on any atom is -0.394 e. The van der Waals surface area contributed by atoms with Crippen LogP contribution in [0.2, 0.25) is 0 Å². The quantitative estimate of drug-likeness (QED) is 0.459. The van der Waals surface area contributed by atoms with Gasteiger partial charge < -0.3 is 20.6 Å². The van der Waals surface area contributed by atoms with E-state index < -0.39 is 28.7 Å². The van der Waals surface area contributed by atoms with E-state index in [9.17, 15) is 19.5 Å². The van der Waals surface area contributed by atoms with Gasteiger partial charge in [-0.05, 0) is 43.9 Å². The highest BCUT2D eigenvalue weighted by atomic mass is 32.2. The zero-order valence-corrected chi connectivity index (χ0v) is 22.0. The number of nitrogens with one attached hydrogen (secondary N) is 2. The highest BCUT2D eigenvalue weighted by Crippen LogP contribution is 2.68. The number of aliphatic hydroxyl groups is 1. The lowest BCUT2D eigenvalue weighted by Crippen LogP contribution is -2.60. The standard InChI is InChI=1S/C26H43N3O4S/c1-5-11-27-23(31)20-19-13-16(4)26(34-19)21(20)25(33)29(18(14-30)12-15(2)3)22(26)24(32)28-17-9-7-6-8-10-17/h15-22,30H,5-14H2,1-4H3,(H,27,31)(H,28,32)/t16?,18-,19+,20-,21+,22?,26?/m1/s1. The van der Waals surface area contributed by atoms with Crippen molar-refractivity contribution >= 4 is 29.5 Å². The molecule has 3 N–H and O–H groups in total. The van der Waals surface area contributed by atoms with E-state index in [1.54, 1.807) is 16.7 Å². The number of carbonyl (C=O) groups is 3. The van der Waals surface area contributed by atoms with Crippen LogP contribution in [-0.4, -0.2) is 69.0 Å². The van der Waals surface area contributed by atoms with E-state index in [1.165, 1.54) is 6.42 Å². The van der Waals surface area contributed by atoms with Gasteiger partial charge in [-0.15, -0.1) is 11.8 Å². The molecule has 3 amide bonds.